The predicted octanol–water partition coefficient (Wildman–Crippen LogP) is 2.57. The second kappa shape index (κ2) is 6.15. The van der Waals surface area contributed by atoms with Crippen molar-refractivity contribution in [3.8, 4) is 10.6 Å². The van der Waals surface area contributed by atoms with Crippen LogP contribution in [0.3, 0.4) is 0 Å². The number of thiazole rings is 1. The van der Waals surface area contributed by atoms with Crippen LogP contribution >= 0.6 is 11.3 Å². The zero-order chi connectivity index (χ0) is 14.7. The van der Waals surface area contributed by atoms with Gasteiger partial charge in [0.2, 0.25) is 0 Å². The number of aromatic nitrogens is 1. The Morgan fingerprint density at radius 1 is 1.30 bits per heavy atom. The van der Waals surface area contributed by atoms with Crippen LogP contribution in [0, 0.1) is 0 Å². The van der Waals surface area contributed by atoms with Gasteiger partial charge in [0.25, 0.3) is 5.91 Å². The Morgan fingerprint density at radius 2 is 1.95 bits per heavy atom. The first-order chi connectivity index (χ1) is 9.56. The molecular formula is C15H18N2O2S. The molecule has 1 aromatic heterocycles. The molecule has 5 heteroatoms. The van der Waals surface area contributed by atoms with E-state index in [2.05, 4.69) is 11.9 Å². The fourth-order valence-corrected chi connectivity index (χ4v) is 2.94. The highest BCUT2D eigenvalue weighted by Crippen LogP contribution is 2.28. The van der Waals surface area contributed by atoms with Crippen molar-refractivity contribution in [1.29, 1.82) is 0 Å². The lowest BCUT2D eigenvalue weighted by Crippen LogP contribution is -2.21. The maximum atomic E-state index is 11.8. The standard InChI is InChI=1S/C15H18N2O2S/c1-4-13-12(9-18)16-14(20-13)10-5-7-11(8-6-10)15(19)17(2)3/h5-8,18H,4,9H2,1-3H3. The number of rotatable bonds is 4. The zero-order valence-electron chi connectivity index (χ0n) is 11.9. The van der Waals surface area contributed by atoms with Crippen molar-refractivity contribution in [2.75, 3.05) is 14.1 Å². The number of aryl methyl sites for hydroxylation is 1. The molecule has 1 N–H and O–H groups in total. The fraction of sp³-hybridized carbons (Fsp3) is 0.333. The van der Waals surface area contributed by atoms with Crippen molar-refractivity contribution in [2.24, 2.45) is 0 Å². The number of aliphatic hydroxyl groups excluding tert-OH is 1. The number of nitrogens with zero attached hydrogens (tertiary/aromatic N) is 2. The van der Waals surface area contributed by atoms with Crippen molar-refractivity contribution in [3.63, 3.8) is 0 Å². The van der Waals surface area contributed by atoms with E-state index in [-0.39, 0.29) is 12.5 Å². The summed E-state index contributed by atoms with van der Waals surface area (Å²) < 4.78 is 0. The Labute approximate surface area is 122 Å². The van der Waals surface area contributed by atoms with Gasteiger partial charge in [0.1, 0.15) is 5.01 Å². The normalized spacial score (nSPS) is 10.6. The molecule has 0 aliphatic carbocycles. The number of hydrogen-bond donors (Lipinski definition) is 1. The van der Waals surface area contributed by atoms with E-state index >= 15 is 0 Å². The monoisotopic (exact) mass is 290 g/mol. The highest BCUT2D eigenvalue weighted by atomic mass is 32.1. The van der Waals surface area contributed by atoms with Gasteiger partial charge in [0.05, 0.1) is 12.3 Å². The maximum Gasteiger partial charge on any atom is 0.253 e. The van der Waals surface area contributed by atoms with E-state index < -0.39 is 0 Å². The predicted molar refractivity (Wildman–Crippen MR) is 80.9 cm³/mol. The van der Waals surface area contributed by atoms with E-state index in [9.17, 15) is 9.90 Å². The van der Waals surface area contributed by atoms with Crippen LogP contribution in [0.5, 0.6) is 0 Å². The van der Waals surface area contributed by atoms with Crippen LogP contribution in [0.25, 0.3) is 10.6 Å². The second-order valence-corrected chi connectivity index (χ2v) is 5.76. The molecule has 0 unspecified atom stereocenters. The first-order valence-corrected chi connectivity index (χ1v) is 7.30. The van der Waals surface area contributed by atoms with Crippen molar-refractivity contribution in [1.82, 2.24) is 9.88 Å². The van der Waals surface area contributed by atoms with E-state index in [0.29, 0.717) is 5.56 Å². The van der Waals surface area contributed by atoms with Gasteiger partial charge in [-0.1, -0.05) is 19.1 Å². The molecule has 1 heterocycles. The molecule has 0 radical (unpaired) electrons. The molecule has 0 aliphatic rings. The van der Waals surface area contributed by atoms with Gasteiger partial charge in [0, 0.05) is 30.1 Å². The summed E-state index contributed by atoms with van der Waals surface area (Å²) in [6.45, 7) is 2.02. The smallest absolute Gasteiger partial charge is 0.253 e. The highest BCUT2D eigenvalue weighted by Gasteiger charge is 2.12. The summed E-state index contributed by atoms with van der Waals surface area (Å²) in [5.74, 6) is -0.0130. The Morgan fingerprint density at radius 3 is 2.40 bits per heavy atom. The summed E-state index contributed by atoms with van der Waals surface area (Å²) in [6, 6.07) is 7.42. The molecule has 106 valence electrons. The number of aliphatic hydroxyl groups is 1. The van der Waals surface area contributed by atoms with Gasteiger partial charge in [0.15, 0.2) is 0 Å². The molecule has 1 aromatic carbocycles. The van der Waals surface area contributed by atoms with Crippen LogP contribution < -0.4 is 0 Å². The molecule has 0 aliphatic heterocycles. The molecule has 2 aromatic rings. The number of amides is 1. The molecule has 4 nitrogen and oxygen atoms in total. The summed E-state index contributed by atoms with van der Waals surface area (Å²) in [5, 5.41) is 10.2. The van der Waals surface area contributed by atoms with Gasteiger partial charge < -0.3 is 10.0 Å². The lowest BCUT2D eigenvalue weighted by molar-refractivity contribution is 0.0827. The maximum absolute atomic E-state index is 11.8. The van der Waals surface area contributed by atoms with E-state index in [4.69, 9.17) is 0 Å². The summed E-state index contributed by atoms with van der Waals surface area (Å²) in [5.41, 5.74) is 2.38. The molecule has 0 saturated heterocycles. The Balaban J connectivity index is 2.30. The topological polar surface area (TPSA) is 53.4 Å². The van der Waals surface area contributed by atoms with E-state index in [1.165, 1.54) is 0 Å². The second-order valence-electron chi connectivity index (χ2n) is 4.68. The van der Waals surface area contributed by atoms with Crippen molar-refractivity contribution in [2.45, 2.75) is 20.0 Å². The average molecular weight is 290 g/mol. The van der Waals surface area contributed by atoms with E-state index in [1.54, 1.807) is 30.3 Å². The summed E-state index contributed by atoms with van der Waals surface area (Å²) in [7, 11) is 3.47. The fourth-order valence-electron chi connectivity index (χ4n) is 1.92. The quantitative estimate of drug-likeness (QED) is 0.941. The lowest BCUT2D eigenvalue weighted by atomic mass is 10.1. The van der Waals surface area contributed by atoms with Crippen molar-refractivity contribution < 1.29 is 9.90 Å². The van der Waals surface area contributed by atoms with Crippen molar-refractivity contribution >= 4 is 17.2 Å². The number of hydrogen-bond acceptors (Lipinski definition) is 4. The molecule has 2 rings (SSSR count). The largest absolute Gasteiger partial charge is 0.390 e. The van der Waals surface area contributed by atoms with Gasteiger partial charge in [-0.2, -0.15) is 0 Å². The average Bonchev–Trinajstić information content (AvgIpc) is 2.89. The van der Waals surface area contributed by atoms with E-state index in [0.717, 1.165) is 27.6 Å². The molecule has 1 amide bonds. The Bertz CT molecular complexity index is 581. The molecule has 0 saturated carbocycles. The van der Waals surface area contributed by atoms with Crippen LogP contribution in [-0.2, 0) is 13.0 Å². The molecular weight excluding hydrogens is 272 g/mol. The van der Waals surface area contributed by atoms with Crippen molar-refractivity contribution in [3.05, 3.63) is 40.4 Å². The Kier molecular flexibility index (Phi) is 4.52. The summed E-state index contributed by atoms with van der Waals surface area (Å²) in [6.07, 6.45) is 0.866. The van der Waals surface area contributed by atoms with Gasteiger partial charge >= 0.3 is 0 Å². The van der Waals surface area contributed by atoms with Crippen LogP contribution in [0.2, 0.25) is 0 Å². The minimum atomic E-state index is -0.0309. The third-order valence-electron chi connectivity index (χ3n) is 3.03. The van der Waals surface area contributed by atoms with Gasteiger partial charge in [-0.05, 0) is 18.6 Å². The molecule has 0 spiro atoms. The van der Waals surface area contributed by atoms with Gasteiger partial charge in [-0.25, -0.2) is 4.98 Å². The number of carbonyl (C=O) groups excluding carboxylic acids is 1. The van der Waals surface area contributed by atoms with Crippen LogP contribution in [0.4, 0.5) is 0 Å². The third-order valence-corrected chi connectivity index (χ3v) is 4.33. The lowest BCUT2D eigenvalue weighted by Gasteiger charge is -2.10. The molecule has 0 atom stereocenters. The number of benzene rings is 1. The van der Waals surface area contributed by atoms with Gasteiger partial charge in [-0.15, -0.1) is 11.3 Å². The SMILES string of the molecule is CCc1sc(-c2ccc(C(=O)N(C)C)cc2)nc1CO. The third kappa shape index (κ3) is 2.89. The van der Waals surface area contributed by atoms with Crippen LogP contribution in [-0.4, -0.2) is 35.0 Å². The first-order valence-electron chi connectivity index (χ1n) is 6.48. The zero-order valence-corrected chi connectivity index (χ0v) is 12.7. The van der Waals surface area contributed by atoms with Crippen LogP contribution in [0.15, 0.2) is 24.3 Å². The first kappa shape index (κ1) is 14.7. The minimum absolute atomic E-state index is 0.0130. The summed E-state index contributed by atoms with van der Waals surface area (Å²) in [4.78, 5) is 18.9. The molecule has 0 fully saturated rings. The minimum Gasteiger partial charge on any atom is -0.390 e. The Hall–Kier alpha value is -1.72. The highest BCUT2D eigenvalue weighted by molar-refractivity contribution is 7.15. The molecule has 0 bridgehead atoms. The molecule has 20 heavy (non-hydrogen) atoms. The van der Waals surface area contributed by atoms with Gasteiger partial charge in [-0.3, -0.25) is 4.79 Å². The summed E-state index contributed by atoms with van der Waals surface area (Å²) >= 11 is 1.59. The number of carbonyl (C=O) groups is 1. The van der Waals surface area contributed by atoms with E-state index in [1.807, 2.05) is 24.3 Å². The van der Waals surface area contributed by atoms with Crippen LogP contribution in [0.1, 0.15) is 27.9 Å².